The largest absolute Gasteiger partial charge is 0.497 e. The van der Waals surface area contributed by atoms with Gasteiger partial charge in [-0.3, -0.25) is 4.98 Å². The molecule has 0 radical (unpaired) electrons. The molecule has 0 N–H and O–H groups in total. The molecule has 3 nitrogen and oxygen atoms in total. The minimum Gasteiger partial charge on any atom is -0.497 e. The molecule has 21 heavy (non-hydrogen) atoms. The molecule has 4 heteroatoms. The van der Waals surface area contributed by atoms with E-state index in [2.05, 4.69) is 16.8 Å². The first-order valence-corrected chi connectivity index (χ1v) is 7.04. The first kappa shape index (κ1) is 15.2. The summed E-state index contributed by atoms with van der Waals surface area (Å²) in [6.45, 7) is 2.41. The van der Waals surface area contributed by atoms with Crippen LogP contribution in [-0.2, 0) is 6.61 Å². The Labute approximate surface area is 129 Å². The van der Waals surface area contributed by atoms with E-state index < -0.39 is 0 Å². The average molecular weight is 302 g/mol. The van der Waals surface area contributed by atoms with Gasteiger partial charge in [-0.05, 0) is 36.8 Å². The van der Waals surface area contributed by atoms with Crippen LogP contribution in [0.5, 0.6) is 11.5 Å². The Balaban J connectivity index is 2.21. The van der Waals surface area contributed by atoms with Gasteiger partial charge in [0.1, 0.15) is 18.1 Å². The van der Waals surface area contributed by atoms with Crippen molar-refractivity contribution in [2.24, 2.45) is 0 Å². The Bertz CT molecular complexity index is 674. The van der Waals surface area contributed by atoms with Gasteiger partial charge in [-0.25, -0.2) is 0 Å². The number of ether oxygens (including phenoxy) is 2. The molecule has 2 rings (SSSR count). The number of aromatic nitrogens is 1. The molecule has 0 atom stereocenters. The summed E-state index contributed by atoms with van der Waals surface area (Å²) in [5.41, 5.74) is 2.76. The molecule has 0 bridgehead atoms. The van der Waals surface area contributed by atoms with Crippen LogP contribution in [0.15, 0.2) is 36.5 Å². The number of aryl methyl sites for hydroxylation is 1. The fourth-order valence-electron chi connectivity index (χ4n) is 1.80. The summed E-state index contributed by atoms with van der Waals surface area (Å²) in [4.78, 5) is 4.31. The van der Waals surface area contributed by atoms with Crippen molar-refractivity contribution in [3.63, 3.8) is 0 Å². The first-order chi connectivity index (χ1) is 10.2. The molecule has 0 spiro atoms. The third-order valence-corrected chi connectivity index (χ3v) is 3.09. The molecule has 0 unspecified atom stereocenters. The van der Waals surface area contributed by atoms with Crippen molar-refractivity contribution in [3.05, 3.63) is 53.3 Å². The lowest BCUT2D eigenvalue weighted by Gasteiger charge is -2.10. The second-order valence-corrected chi connectivity index (χ2v) is 4.62. The van der Waals surface area contributed by atoms with Crippen LogP contribution >= 0.6 is 11.6 Å². The molecule has 0 aliphatic rings. The zero-order valence-electron chi connectivity index (χ0n) is 12.0. The van der Waals surface area contributed by atoms with Crippen LogP contribution in [0.1, 0.15) is 16.8 Å². The summed E-state index contributed by atoms with van der Waals surface area (Å²) >= 11 is 5.62. The van der Waals surface area contributed by atoms with E-state index in [9.17, 15) is 0 Å². The monoisotopic (exact) mass is 301 g/mol. The van der Waals surface area contributed by atoms with Crippen LogP contribution in [0, 0.1) is 18.8 Å². The van der Waals surface area contributed by atoms with Crippen molar-refractivity contribution in [2.75, 3.05) is 13.0 Å². The minimum atomic E-state index is 0.274. The number of rotatable bonds is 4. The van der Waals surface area contributed by atoms with E-state index >= 15 is 0 Å². The summed E-state index contributed by atoms with van der Waals surface area (Å²) in [6.07, 6.45) is 1.76. The average Bonchev–Trinajstić information content (AvgIpc) is 2.52. The van der Waals surface area contributed by atoms with Crippen molar-refractivity contribution in [2.45, 2.75) is 13.5 Å². The summed E-state index contributed by atoms with van der Waals surface area (Å²) < 4.78 is 11.0. The Morgan fingerprint density at radius 3 is 2.86 bits per heavy atom. The molecule has 0 aliphatic carbocycles. The number of pyridine rings is 1. The molecular formula is C17H16ClNO2. The van der Waals surface area contributed by atoms with Gasteiger partial charge in [-0.2, -0.15) is 0 Å². The van der Waals surface area contributed by atoms with E-state index in [-0.39, 0.29) is 5.88 Å². The fourth-order valence-corrected chi connectivity index (χ4v) is 1.87. The molecule has 0 saturated carbocycles. The molecule has 108 valence electrons. The van der Waals surface area contributed by atoms with E-state index in [1.165, 1.54) is 0 Å². The smallest absolute Gasteiger partial charge is 0.135 e. The molecule has 0 aliphatic heterocycles. The molecule has 1 heterocycles. The van der Waals surface area contributed by atoms with Crippen LogP contribution < -0.4 is 9.47 Å². The van der Waals surface area contributed by atoms with Crippen molar-refractivity contribution in [1.82, 2.24) is 4.98 Å². The molecule has 2 aromatic rings. The number of methoxy groups -OCH3 is 1. The number of nitrogens with zero attached hydrogens (tertiary/aromatic N) is 1. The van der Waals surface area contributed by atoms with Gasteiger partial charge in [0.05, 0.1) is 24.2 Å². The second kappa shape index (κ2) is 7.56. The molecular weight excluding hydrogens is 286 g/mol. The first-order valence-electron chi connectivity index (χ1n) is 6.50. The molecule has 1 aromatic heterocycles. The van der Waals surface area contributed by atoms with Gasteiger partial charge in [0.15, 0.2) is 0 Å². The molecule has 0 amide bonds. The maximum atomic E-state index is 5.84. The highest BCUT2D eigenvalue weighted by atomic mass is 35.5. The SMILES string of the molecule is COc1ccc(OCc2ncccc2C)c(C#CCCl)c1. The van der Waals surface area contributed by atoms with E-state index in [0.717, 1.165) is 22.6 Å². The maximum absolute atomic E-state index is 5.84. The zero-order chi connectivity index (χ0) is 15.1. The van der Waals surface area contributed by atoms with E-state index in [4.69, 9.17) is 21.1 Å². The quantitative estimate of drug-likeness (QED) is 0.639. The van der Waals surface area contributed by atoms with Crippen molar-refractivity contribution in [1.29, 1.82) is 0 Å². The van der Waals surface area contributed by atoms with Gasteiger partial charge in [-0.1, -0.05) is 17.9 Å². The van der Waals surface area contributed by atoms with Crippen LogP contribution in [0.3, 0.4) is 0 Å². The number of halogens is 1. The van der Waals surface area contributed by atoms with Crippen LogP contribution in [0.4, 0.5) is 0 Å². The highest BCUT2D eigenvalue weighted by molar-refractivity contribution is 6.19. The van der Waals surface area contributed by atoms with E-state index in [0.29, 0.717) is 12.4 Å². The van der Waals surface area contributed by atoms with Gasteiger partial charge >= 0.3 is 0 Å². The maximum Gasteiger partial charge on any atom is 0.135 e. The van der Waals surface area contributed by atoms with Crippen LogP contribution in [0.25, 0.3) is 0 Å². The predicted octanol–water partition coefficient (Wildman–Crippen LogP) is 3.57. The molecule has 0 saturated heterocycles. The number of hydrogen-bond acceptors (Lipinski definition) is 3. The van der Waals surface area contributed by atoms with Gasteiger partial charge in [0, 0.05) is 6.20 Å². The Morgan fingerprint density at radius 1 is 1.29 bits per heavy atom. The van der Waals surface area contributed by atoms with Gasteiger partial charge in [-0.15, -0.1) is 11.6 Å². The Morgan fingerprint density at radius 2 is 2.14 bits per heavy atom. The normalized spacial score (nSPS) is 9.67. The second-order valence-electron chi connectivity index (χ2n) is 4.35. The lowest BCUT2D eigenvalue weighted by atomic mass is 10.2. The van der Waals surface area contributed by atoms with Gasteiger partial charge in [0.25, 0.3) is 0 Å². The fraction of sp³-hybridized carbons (Fsp3) is 0.235. The third kappa shape index (κ3) is 4.14. The number of benzene rings is 1. The van der Waals surface area contributed by atoms with Crippen LogP contribution in [0.2, 0.25) is 0 Å². The Hall–Kier alpha value is -2.18. The summed E-state index contributed by atoms with van der Waals surface area (Å²) in [5, 5.41) is 0. The zero-order valence-corrected chi connectivity index (χ0v) is 12.8. The summed E-state index contributed by atoms with van der Waals surface area (Å²) in [5.74, 6) is 7.51. The summed E-state index contributed by atoms with van der Waals surface area (Å²) in [6, 6.07) is 9.43. The molecule has 0 fully saturated rings. The number of alkyl halides is 1. The summed E-state index contributed by atoms with van der Waals surface area (Å²) in [7, 11) is 1.62. The van der Waals surface area contributed by atoms with E-state index in [1.807, 2.05) is 37.3 Å². The lowest BCUT2D eigenvalue weighted by Crippen LogP contribution is -2.01. The topological polar surface area (TPSA) is 31.4 Å². The van der Waals surface area contributed by atoms with Gasteiger partial charge < -0.3 is 9.47 Å². The number of hydrogen-bond donors (Lipinski definition) is 0. The van der Waals surface area contributed by atoms with Crippen LogP contribution in [-0.4, -0.2) is 18.0 Å². The predicted molar refractivity (Wildman–Crippen MR) is 83.9 cm³/mol. The standard InChI is InChI=1S/C17H16ClNO2/c1-13-5-4-10-19-16(13)12-21-17-8-7-15(20-2)11-14(17)6-3-9-18/h4-5,7-8,10-11H,9,12H2,1-2H3. The van der Waals surface area contributed by atoms with E-state index in [1.54, 1.807) is 13.3 Å². The highest BCUT2D eigenvalue weighted by Gasteiger charge is 2.06. The van der Waals surface area contributed by atoms with Gasteiger partial charge in [0.2, 0.25) is 0 Å². The Kier molecular flexibility index (Phi) is 5.48. The minimum absolute atomic E-state index is 0.274. The molecule has 1 aromatic carbocycles. The lowest BCUT2D eigenvalue weighted by molar-refractivity contribution is 0.299. The van der Waals surface area contributed by atoms with Crippen molar-refractivity contribution < 1.29 is 9.47 Å². The van der Waals surface area contributed by atoms with Crippen molar-refractivity contribution in [3.8, 4) is 23.3 Å². The highest BCUT2D eigenvalue weighted by Crippen LogP contribution is 2.24. The third-order valence-electron chi connectivity index (χ3n) is 2.96. The van der Waals surface area contributed by atoms with Crippen molar-refractivity contribution >= 4 is 11.6 Å².